The molecule has 0 atom stereocenters. The maximum absolute atomic E-state index is 13.7. The van der Waals surface area contributed by atoms with Crippen LogP contribution in [-0.4, -0.2) is 62.2 Å². The fourth-order valence-corrected chi connectivity index (χ4v) is 6.84. The van der Waals surface area contributed by atoms with Crippen molar-refractivity contribution in [2.24, 2.45) is 0 Å². The standard InChI is InChI=1S/C30H36N4O3S2/c1-5-23-13-18-27-28(21-23)38-30(31-27)34(20-10-19-32(3)4)29(35)25-14-16-26(17-15-25)39(36,37)33(6-2)22-24-11-8-7-9-12-24/h7-9,11-18,21H,5-6,10,19-20,22H2,1-4H3. The second-order valence-corrected chi connectivity index (χ2v) is 12.7. The van der Waals surface area contributed by atoms with Crippen LogP contribution in [0.2, 0.25) is 0 Å². The molecule has 1 amide bonds. The number of carbonyl (C=O) groups is 1. The van der Waals surface area contributed by atoms with Crippen molar-refractivity contribution in [1.29, 1.82) is 0 Å². The van der Waals surface area contributed by atoms with E-state index in [1.54, 1.807) is 17.0 Å². The third-order valence-electron chi connectivity index (χ3n) is 6.61. The lowest BCUT2D eigenvalue weighted by Gasteiger charge is -2.22. The molecule has 4 aromatic rings. The third-order valence-corrected chi connectivity index (χ3v) is 9.58. The second kappa shape index (κ2) is 12.8. The minimum absolute atomic E-state index is 0.170. The molecule has 0 fully saturated rings. The van der Waals surface area contributed by atoms with Gasteiger partial charge in [0, 0.05) is 25.2 Å². The smallest absolute Gasteiger partial charge is 0.260 e. The van der Waals surface area contributed by atoms with Crippen molar-refractivity contribution in [3.05, 3.63) is 89.5 Å². The number of fused-ring (bicyclic) bond motifs is 1. The Hall–Kier alpha value is -3.11. The number of benzene rings is 3. The van der Waals surface area contributed by atoms with Crippen LogP contribution in [-0.2, 0) is 23.0 Å². The predicted octanol–water partition coefficient (Wildman–Crippen LogP) is 5.67. The molecular weight excluding hydrogens is 528 g/mol. The van der Waals surface area contributed by atoms with E-state index < -0.39 is 10.0 Å². The van der Waals surface area contributed by atoms with Gasteiger partial charge in [0.2, 0.25) is 10.0 Å². The van der Waals surface area contributed by atoms with E-state index in [9.17, 15) is 13.2 Å². The molecule has 0 aliphatic carbocycles. The van der Waals surface area contributed by atoms with Gasteiger partial charge in [0.1, 0.15) is 0 Å². The second-order valence-electron chi connectivity index (χ2n) is 9.71. The van der Waals surface area contributed by atoms with Crippen molar-refractivity contribution >= 4 is 42.6 Å². The molecule has 0 saturated carbocycles. The van der Waals surface area contributed by atoms with Crippen molar-refractivity contribution < 1.29 is 13.2 Å². The van der Waals surface area contributed by atoms with Gasteiger partial charge in [-0.1, -0.05) is 61.6 Å². The average Bonchev–Trinajstić information content (AvgIpc) is 3.37. The number of aromatic nitrogens is 1. The molecule has 0 saturated heterocycles. The van der Waals surface area contributed by atoms with Crippen LogP contribution in [0, 0.1) is 0 Å². The molecule has 3 aromatic carbocycles. The van der Waals surface area contributed by atoms with Gasteiger partial charge in [0.05, 0.1) is 15.1 Å². The molecule has 1 aromatic heterocycles. The van der Waals surface area contributed by atoms with Crippen LogP contribution >= 0.6 is 11.3 Å². The summed E-state index contributed by atoms with van der Waals surface area (Å²) in [5.41, 5.74) is 3.45. The summed E-state index contributed by atoms with van der Waals surface area (Å²) in [6.07, 6.45) is 1.72. The number of hydrogen-bond donors (Lipinski definition) is 0. The van der Waals surface area contributed by atoms with Crippen LogP contribution in [0.5, 0.6) is 0 Å². The number of sulfonamides is 1. The maximum atomic E-state index is 13.7. The lowest BCUT2D eigenvalue weighted by Crippen LogP contribution is -2.33. The highest BCUT2D eigenvalue weighted by Gasteiger charge is 2.25. The summed E-state index contributed by atoms with van der Waals surface area (Å²) in [4.78, 5) is 22.5. The molecule has 0 spiro atoms. The Balaban J connectivity index is 1.59. The number of rotatable bonds is 12. The van der Waals surface area contributed by atoms with Crippen LogP contribution in [0.1, 0.15) is 41.8 Å². The molecule has 0 aliphatic heterocycles. The molecule has 0 radical (unpaired) electrons. The van der Waals surface area contributed by atoms with E-state index in [1.165, 1.54) is 33.3 Å². The van der Waals surface area contributed by atoms with E-state index in [0.29, 0.717) is 23.8 Å². The zero-order chi connectivity index (χ0) is 28.0. The Morgan fingerprint density at radius 3 is 2.26 bits per heavy atom. The van der Waals surface area contributed by atoms with Crippen LogP contribution in [0.15, 0.2) is 77.7 Å². The number of amides is 1. The van der Waals surface area contributed by atoms with Crippen molar-refractivity contribution in [1.82, 2.24) is 14.2 Å². The summed E-state index contributed by atoms with van der Waals surface area (Å²) in [6, 6.07) is 22.0. The van der Waals surface area contributed by atoms with Gasteiger partial charge in [0.25, 0.3) is 5.91 Å². The summed E-state index contributed by atoms with van der Waals surface area (Å²) in [7, 11) is 0.294. The van der Waals surface area contributed by atoms with E-state index in [0.717, 1.165) is 35.2 Å². The lowest BCUT2D eigenvalue weighted by atomic mass is 10.2. The maximum Gasteiger partial charge on any atom is 0.260 e. The fraction of sp³-hybridized carbons (Fsp3) is 0.333. The quantitative estimate of drug-likeness (QED) is 0.222. The van der Waals surface area contributed by atoms with Gasteiger partial charge in [-0.2, -0.15) is 4.31 Å². The Labute approximate surface area is 235 Å². The van der Waals surface area contributed by atoms with E-state index in [1.807, 2.05) is 57.4 Å². The number of thiazole rings is 1. The fourth-order valence-electron chi connectivity index (χ4n) is 4.35. The molecule has 0 N–H and O–H groups in total. The first-order valence-electron chi connectivity index (χ1n) is 13.2. The summed E-state index contributed by atoms with van der Waals surface area (Å²) in [6.45, 7) is 5.92. The molecule has 9 heteroatoms. The SMILES string of the molecule is CCc1ccc2nc(N(CCCN(C)C)C(=O)c3ccc(S(=O)(=O)N(CC)Cc4ccccc4)cc3)sc2c1. The summed E-state index contributed by atoms with van der Waals surface area (Å²) in [5.74, 6) is -0.191. The van der Waals surface area contributed by atoms with Gasteiger partial charge in [-0.05, 0) is 81.0 Å². The first-order valence-corrected chi connectivity index (χ1v) is 15.5. The molecule has 206 valence electrons. The predicted molar refractivity (Wildman–Crippen MR) is 160 cm³/mol. The van der Waals surface area contributed by atoms with Gasteiger partial charge in [-0.3, -0.25) is 9.69 Å². The molecule has 0 bridgehead atoms. The number of hydrogen-bond acceptors (Lipinski definition) is 6. The Morgan fingerprint density at radius 2 is 1.62 bits per heavy atom. The van der Waals surface area contributed by atoms with E-state index in [2.05, 4.69) is 24.0 Å². The molecule has 7 nitrogen and oxygen atoms in total. The van der Waals surface area contributed by atoms with Crippen molar-refractivity contribution in [2.45, 2.75) is 38.1 Å². The van der Waals surface area contributed by atoms with E-state index in [-0.39, 0.29) is 17.3 Å². The van der Waals surface area contributed by atoms with Gasteiger partial charge in [-0.25, -0.2) is 13.4 Å². The van der Waals surface area contributed by atoms with Crippen LogP contribution in [0.4, 0.5) is 5.13 Å². The molecule has 1 heterocycles. The van der Waals surface area contributed by atoms with E-state index in [4.69, 9.17) is 4.98 Å². The summed E-state index contributed by atoms with van der Waals surface area (Å²) < 4.78 is 29.3. The summed E-state index contributed by atoms with van der Waals surface area (Å²) in [5, 5.41) is 0.652. The monoisotopic (exact) mass is 564 g/mol. The third kappa shape index (κ3) is 6.91. The minimum atomic E-state index is -3.72. The molecule has 0 aliphatic rings. The normalized spacial score (nSPS) is 11.9. The van der Waals surface area contributed by atoms with Crippen LogP contribution in [0.3, 0.4) is 0 Å². The highest BCUT2D eigenvalue weighted by atomic mass is 32.2. The molecular formula is C30H36N4O3S2. The first kappa shape index (κ1) is 28.9. The lowest BCUT2D eigenvalue weighted by molar-refractivity contribution is 0.0986. The van der Waals surface area contributed by atoms with Crippen LogP contribution < -0.4 is 4.90 Å². The molecule has 4 rings (SSSR count). The largest absolute Gasteiger partial charge is 0.309 e. The van der Waals surface area contributed by atoms with Gasteiger partial charge in [0.15, 0.2) is 5.13 Å². The number of nitrogens with zero attached hydrogens (tertiary/aromatic N) is 4. The number of anilines is 1. The Kier molecular flexibility index (Phi) is 9.50. The zero-order valence-corrected chi connectivity index (χ0v) is 24.6. The zero-order valence-electron chi connectivity index (χ0n) is 23.0. The Bertz CT molecular complexity index is 1500. The Morgan fingerprint density at radius 1 is 0.897 bits per heavy atom. The topological polar surface area (TPSA) is 73.8 Å². The van der Waals surface area contributed by atoms with Gasteiger partial charge in [-0.15, -0.1) is 0 Å². The van der Waals surface area contributed by atoms with Crippen molar-refractivity contribution in [2.75, 3.05) is 38.6 Å². The highest BCUT2D eigenvalue weighted by molar-refractivity contribution is 7.89. The first-order chi connectivity index (χ1) is 18.7. The van der Waals surface area contributed by atoms with Crippen molar-refractivity contribution in [3.8, 4) is 0 Å². The van der Waals surface area contributed by atoms with Crippen LogP contribution in [0.25, 0.3) is 10.2 Å². The highest BCUT2D eigenvalue weighted by Crippen LogP contribution is 2.31. The molecule has 0 unspecified atom stereocenters. The number of aryl methyl sites for hydroxylation is 1. The summed E-state index contributed by atoms with van der Waals surface area (Å²) >= 11 is 1.51. The van der Waals surface area contributed by atoms with E-state index >= 15 is 0 Å². The van der Waals surface area contributed by atoms with Crippen molar-refractivity contribution in [3.63, 3.8) is 0 Å². The van der Waals surface area contributed by atoms with Gasteiger partial charge >= 0.3 is 0 Å². The van der Waals surface area contributed by atoms with Gasteiger partial charge < -0.3 is 4.90 Å². The minimum Gasteiger partial charge on any atom is -0.309 e. The number of carbonyl (C=O) groups excluding carboxylic acids is 1. The molecule has 39 heavy (non-hydrogen) atoms. The average molecular weight is 565 g/mol.